The van der Waals surface area contributed by atoms with E-state index in [1.54, 1.807) is 30.8 Å². The van der Waals surface area contributed by atoms with Crippen molar-refractivity contribution in [2.75, 3.05) is 0 Å². The zero-order chi connectivity index (χ0) is 14.9. The summed E-state index contributed by atoms with van der Waals surface area (Å²) in [5.74, 6) is 0. The van der Waals surface area contributed by atoms with E-state index in [2.05, 4.69) is 20.2 Å². The van der Waals surface area contributed by atoms with Gasteiger partial charge in [-0.05, 0) is 18.2 Å². The third-order valence-electron chi connectivity index (χ3n) is 3.13. The molecule has 0 N–H and O–H groups in total. The van der Waals surface area contributed by atoms with Crippen molar-refractivity contribution in [2.45, 2.75) is 0 Å². The van der Waals surface area contributed by atoms with E-state index < -0.39 is 0 Å². The minimum Gasteiger partial charge on any atom is -0.464 e. The summed E-state index contributed by atoms with van der Waals surface area (Å²) in [4.78, 5) is 19.4. The molecular weight excluding hydrogens is 300 g/mol. The number of aldehydes is 1. The Morgan fingerprint density at radius 2 is 2.09 bits per heavy atom. The molecule has 0 fully saturated rings. The highest BCUT2D eigenvalue weighted by molar-refractivity contribution is 7.18. The second kappa shape index (κ2) is 5.12. The van der Waals surface area contributed by atoms with Crippen LogP contribution in [0.25, 0.3) is 32.2 Å². The fraction of sp³-hybridized carbons (Fsp3) is 0. The van der Waals surface area contributed by atoms with E-state index in [9.17, 15) is 4.79 Å². The summed E-state index contributed by atoms with van der Waals surface area (Å²) < 4.78 is 5.36. The minimum absolute atomic E-state index is 0.301. The molecule has 4 rings (SSSR count). The number of hydrogen-bond donors (Lipinski definition) is 0. The van der Waals surface area contributed by atoms with Crippen molar-refractivity contribution < 1.29 is 9.21 Å². The van der Waals surface area contributed by atoms with E-state index in [0.29, 0.717) is 28.3 Å². The SMILES string of the molecule is O=Cc1cc2occc2c(-c2nnc(-c3cccnc3)s2)n1. The smallest absolute Gasteiger partial charge is 0.168 e. The molecule has 0 atom stereocenters. The number of pyridine rings is 2. The Morgan fingerprint density at radius 3 is 2.91 bits per heavy atom. The van der Waals surface area contributed by atoms with Gasteiger partial charge in [-0.25, -0.2) is 4.98 Å². The van der Waals surface area contributed by atoms with Crippen LogP contribution in [0.5, 0.6) is 0 Å². The van der Waals surface area contributed by atoms with Crippen LogP contribution >= 0.6 is 11.3 Å². The Bertz CT molecular complexity index is 962. The van der Waals surface area contributed by atoms with Crippen molar-refractivity contribution in [1.82, 2.24) is 20.2 Å². The van der Waals surface area contributed by atoms with Gasteiger partial charge in [0.05, 0.1) is 6.26 Å². The molecule has 0 unspecified atom stereocenters. The number of rotatable bonds is 3. The summed E-state index contributed by atoms with van der Waals surface area (Å²) >= 11 is 1.39. The minimum atomic E-state index is 0.301. The summed E-state index contributed by atoms with van der Waals surface area (Å²) in [6, 6.07) is 7.17. The predicted octanol–water partition coefficient (Wildman–Crippen LogP) is 3.22. The molecule has 4 aromatic heterocycles. The largest absolute Gasteiger partial charge is 0.464 e. The molecule has 0 saturated carbocycles. The number of carbonyl (C=O) groups excluding carboxylic acids is 1. The van der Waals surface area contributed by atoms with E-state index in [4.69, 9.17) is 4.42 Å². The Labute approximate surface area is 128 Å². The quantitative estimate of drug-likeness (QED) is 0.540. The fourth-order valence-electron chi connectivity index (χ4n) is 2.13. The van der Waals surface area contributed by atoms with Gasteiger partial charge in [0, 0.05) is 29.4 Å². The van der Waals surface area contributed by atoms with Crippen molar-refractivity contribution in [1.29, 1.82) is 0 Å². The monoisotopic (exact) mass is 308 g/mol. The molecule has 0 spiro atoms. The van der Waals surface area contributed by atoms with Gasteiger partial charge in [0.15, 0.2) is 11.3 Å². The summed E-state index contributed by atoms with van der Waals surface area (Å²) in [5.41, 5.74) is 2.39. The lowest BCUT2D eigenvalue weighted by Gasteiger charge is -1.98. The number of nitrogens with zero attached hydrogens (tertiary/aromatic N) is 4. The van der Waals surface area contributed by atoms with Crippen LogP contribution in [0, 0.1) is 0 Å². The van der Waals surface area contributed by atoms with Crippen molar-refractivity contribution in [3.63, 3.8) is 0 Å². The zero-order valence-corrected chi connectivity index (χ0v) is 11.9. The Hall–Kier alpha value is -2.93. The molecule has 0 aliphatic heterocycles. The molecule has 0 bridgehead atoms. The maximum Gasteiger partial charge on any atom is 0.168 e. The average molecular weight is 308 g/mol. The van der Waals surface area contributed by atoms with E-state index in [0.717, 1.165) is 16.0 Å². The molecule has 0 aliphatic carbocycles. The number of carbonyl (C=O) groups is 1. The molecule has 7 heteroatoms. The van der Waals surface area contributed by atoms with Crippen molar-refractivity contribution in [3.8, 4) is 21.3 Å². The Morgan fingerprint density at radius 1 is 1.18 bits per heavy atom. The highest BCUT2D eigenvalue weighted by Gasteiger charge is 2.15. The van der Waals surface area contributed by atoms with Crippen LogP contribution in [0.3, 0.4) is 0 Å². The van der Waals surface area contributed by atoms with Gasteiger partial charge < -0.3 is 4.42 Å². The van der Waals surface area contributed by atoms with Gasteiger partial charge in [-0.2, -0.15) is 0 Å². The second-order valence-corrected chi connectivity index (χ2v) is 5.48. The molecular formula is C15H8N4O2S. The predicted molar refractivity (Wildman–Crippen MR) is 81.5 cm³/mol. The second-order valence-electron chi connectivity index (χ2n) is 4.50. The average Bonchev–Trinajstić information content (AvgIpc) is 3.24. The van der Waals surface area contributed by atoms with E-state index in [-0.39, 0.29) is 0 Å². The van der Waals surface area contributed by atoms with Crippen LogP contribution in [-0.4, -0.2) is 26.5 Å². The first-order valence-corrected chi connectivity index (χ1v) is 7.24. The van der Waals surface area contributed by atoms with Gasteiger partial charge in [0.2, 0.25) is 0 Å². The molecule has 4 aromatic rings. The summed E-state index contributed by atoms with van der Waals surface area (Å²) in [6.07, 6.45) is 5.69. The van der Waals surface area contributed by atoms with Crippen molar-refractivity contribution >= 4 is 28.6 Å². The van der Waals surface area contributed by atoms with Gasteiger partial charge in [0.25, 0.3) is 0 Å². The lowest BCUT2D eigenvalue weighted by molar-refractivity contribution is 0.111. The first-order chi connectivity index (χ1) is 10.8. The number of aromatic nitrogens is 4. The number of hydrogen-bond acceptors (Lipinski definition) is 7. The molecule has 106 valence electrons. The van der Waals surface area contributed by atoms with Crippen LogP contribution in [0.1, 0.15) is 10.5 Å². The third kappa shape index (κ3) is 2.08. The lowest BCUT2D eigenvalue weighted by Crippen LogP contribution is -1.91. The van der Waals surface area contributed by atoms with Gasteiger partial charge in [-0.15, -0.1) is 10.2 Å². The highest BCUT2D eigenvalue weighted by Crippen LogP contribution is 2.33. The molecule has 0 saturated heterocycles. The molecule has 4 heterocycles. The van der Waals surface area contributed by atoms with Crippen LogP contribution in [0.2, 0.25) is 0 Å². The summed E-state index contributed by atoms with van der Waals surface area (Å²) in [5, 5.41) is 10.6. The number of fused-ring (bicyclic) bond motifs is 1. The van der Waals surface area contributed by atoms with Gasteiger partial charge >= 0.3 is 0 Å². The standard InChI is InChI=1S/C15H8N4O2S/c20-8-10-6-12-11(3-5-21-12)13(17-10)15-19-18-14(22-15)9-2-1-4-16-7-9/h1-8H. The van der Waals surface area contributed by atoms with Crippen LogP contribution < -0.4 is 0 Å². The topological polar surface area (TPSA) is 81.8 Å². The number of furan rings is 1. The van der Waals surface area contributed by atoms with Crippen LogP contribution in [0.15, 0.2) is 47.3 Å². The van der Waals surface area contributed by atoms with Crippen molar-refractivity contribution in [3.05, 3.63) is 48.6 Å². The molecule has 0 aromatic carbocycles. The maximum atomic E-state index is 11.0. The summed E-state index contributed by atoms with van der Waals surface area (Å²) in [6.45, 7) is 0. The van der Waals surface area contributed by atoms with Crippen molar-refractivity contribution in [2.24, 2.45) is 0 Å². The lowest BCUT2D eigenvalue weighted by atomic mass is 10.2. The van der Waals surface area contributed by atoms with E-state index in [1.807, 2.05) is 12.1 Å². The van der Waals surface area contributed by atoms with Gasteiger partial charge in [0.1, 0.15) is 22.0 Å². The first-order valence-electron chi connectivity index (χ1n) is 6.43. The van der Waals surface area contributed by atoms with Gasteiger partial charge in [-0.1, -0.05) is 11.3 Å². The fourth-order valence-corrected chi connectivity index (χ4v) is 2.97. The molecule has 6 nitrogen and oxygen atoms in total. The Balaban J connectivity index is 1.87. The molecule has 0 radical (unpaired) electrons. The first kappa shape index (κ1) is 12.8. The Kier molecular flexibility index (Phi) is 2.97. The van der Waals surface area contributed by atoms with Crippen LogP contribution in [-0.2, 0) is 0 Å². The molecule has 0 amide bonds. The normalized spacial score (nSPS) is 10.9. The van der Waals surface area contributed by atoms with Crippen LogP contribution in [0.4, 0.5) is 0 Å². The molecule has 0 aliphatic rings. The molecule has 22 heavy (non-hydrogen) atoms. The third-order valence-corrected chi connectivity index (χ3v) is 4.11. The zero-order valence-electron chi connectivity index (χ0n) is 11.1. The summed E-state index contributed by atoms with van der Waals surface area (Å²) in [7, 11) is 0. The van der Waals surface area contributed by atoms with E-state index in [1.165, 1.54) is 11.3 Å². The highest BCUT2D eigenvalue weighted by atomic mass is 32.1. The maximum absolute atomic E-state index is 11.0. The van der Waals surface area contributed by atoms with Gasteiger partial charge in [-0.3, -0.25) is 9.78 Å². The van der Waals surface area contributed by atoms with E-state index >= 15 is 0 Å².